The second kappa shape index (κ2) is 9.51. The first-order valence-corrected chi connectivity index (χ1v) is 11.6. The molecule has 5 nitrogen and oxygen atoms in total. The van der Waals surface area contributed by atoms with Crippen molar-refractivity contribution in [3.63, 3.8) is 0 Å². The van der Waals surface area contributed by atoms with Crippen molar-refractivity contribution in [1.82, 2.24) is 9.80 Å². The third-order valence-electron chi connectivity index (χ3n) is 6.93. The highest BCUT2D eigenvalue weighted by Gasteiger charge is 2.32. The molecule has 2 saturated heterocycles. The Bertz CT molecular complexity index is 846. The van der Waals surface area contributed by atoms with Crippen LogP contribution in [0.2, 0.25) is 0 Å². The highest BCUT2D eigenvalue weighted by atomic mass is 16.6. The second-order valence-electron chi connectivity index (χ2n) is 9.10. The van der Waals surface area contributed by atoms with Gasteiger partial charge in [0.2, 0.25) is 5.91 Å². The molecule has 0 aromatic heterocycles. The molecule has 2 aromatic carbocycles. The summed E-state index contributed by atoms with van der Waals surface area (Å²) in [5, 5.41) is 0. The summed E-state index contributed by atoms with van der Waals surface area (Å²) < 4.78 is 12.2. The molecule has 1 amide bonds. The lowest BCUT2D eigenvalue weighted by atomic mass is 10.0. The third-order valence-corrected chi connectivity index (χ3v) is 6.93. The largest absolute Gasteiger partial charge is 0.371 e. The van der Waals surface area contributed by atoms with Crippen molar-refractivity contribution in [3.05, 3.63) is 71.3 Å². The number of rotatable bonds is 5. The van der Waals surface area contributed by atoms with Crippen LogP contribution in [0, 0.1) is 5.92 Å². The van der Waals surface area contributed by atoms with Crippen LogP contribution < -0.4 is 0 Å². The first-order valence-electron chi connectivity index (χ1n) is 11.6. The maximum absolute atomic E-state index is 12.9. The van der Waals surface area contributed by atoms with Crippen molar-refractivity contribution in [2.75, 3.05) is 39.4 Å². The molecule has 2 aliphatic heterocycles. The molecule has 0 spiro atoms. The summed E-state index contributed by atoms with van der Waals surface area (Å²) in [5.74, 6) is 0.765. The van der Waals surface area contributed by atoms with Gasteiger partial charge in [-0.2, -0.15) is 0 Å². The van der Waals surface area contributed by atoms with Crippen molar-refractivity contribution in [1.29, 1.82) is 0 Å². The molecule has 2 atom stereocenters. The van der Waals surface area contributed by atoms with Crippen LogP contribution in [0.1, 0.15) is 23.1 Å². The molecule has 0 bridgehead atoms. The van der Waals surface area contributed by atoms with Gasteiger partial charge in [-0.25, -0.2) is 0 Å². The molecule has 2 aromatic rings. The lowest BCUT2D eigenvalue weighted by molar-refractivity contribution is -0.190. The Hall–Kier alpha value is -2.21. The van der Waals surface area contributed by atoms with E-state index >= 15 is 0 Å². The number of amides is 1. The van der Waals surface area contributed by atoms with E-state index in [1.807, 2.05) is 11.0 Å². The fraction of sp³-hybridized carbons (Fsp3) is 0.500. The Morgan fingerprint density at radius 3 is 2.16 bits per heavy atom. The second-order valence-corrected chi connectivity index (χ2v) is 9.10. The smallest absolute Gasteiger partial charge is 0.222 e. The van der Waals surface area contributed by atoms with Crippen molar-refractivity contribution in [2.24, 2.45) is 5.92 Å². The van der Waals surface area contributed by atoms with E-state index < -0.39 is 0 Å². The van der Waals surface area contributed by atoms with E-state index in [0.29, 0.717) is 31.5 Å². The van der Waals surface area contributed by atoms with E-state index in [-0.39, 0.29) is 12.3 Å². The van der Waals surface area contributed by atoms with Crippen LogP contribution in [-0.4, -0.2) is 67.4 Å². The monoisotopic (exact) mass is 420 g/mol. The number of piperazine rings is 1. The molecule has 5 heteroatoms. The SMILES string of the molecule is O=C(CC1Cc2ccccc2C1)N1CCN(C2COC(Cc3ccccc3)CO2)CC1. The predicted molar refractivity (Wildman–Crippen MR) is 120 cm³/mol. The molecule has 2 heterocycles. The minimum absolute atomic E-state index is 0.00797. The van der Waals surface area contributed by atoms with Crippen molar-refractivity contribution < 1.29 is 14.3 Å². The van der Waals surface area contributed by atoms with Crippen LogP contribution in [0.15, 0.2) is 54.6 Å². The first kappa shape index (κ1) is 20.7. The number of fused-ring (bicyclic) bond motifs is 1. The normalized spacial score (nSPS) is 24.8. The molecule has 2 fully saturated rings. The quantitative estimate of drug-likeness (QED) is 0.746. The minimum Gasteiger partial charge on any atom is -0.371 e. The molecule has 0 N–H and O–H groups in total. The Morgan fingerprint density at radius 2 is 1.52 bits per heavy atom. The highest BCUT2D eigenvalue weighted by molar-refractivity contribution is 5.76. The maximum Gasteiger partial charge on any atom is 0.222 e. The van der Waals surface area contributed by atoms with Crippen LogP contribution in [0.5, 0.6) is 0 Å². The molecule has 31 heavy (non-hydrogen) atoms. The summed E-state index contributed by atoms with van der Waals surface area (Å²) in [7, 11) is 0. The highest BCUT2D eigenvalue weighted by Crippen LogP contribution is 2.29. The van der Waals surface area contributed by atoms with Gasteiger partial charge in [-0.15, -0.1) is 0 Å². The van der Waals surface area contributed by atoms with Crippen LogP contribution in [0.25, 0.3) is 0 Å². The first-order chi connectivity index (χ1) is 15.2. The van der Waals surface area contributed by atoms with Gasteiger partial charge in [0.25, 0.3) is 0 Å². The molecule has 0 radical (unpaired) electrons. The lowest BCUT2D eigenvalue weighted by Gasteiger charge is -2.41. The van der Waals surface area contributed by atoms with Gasteiger partial charge in [0.1, 0.15) is 6.23 Å². The van der Waals surface area contributed by atoms with E-state index in [1.54, 1.807) is 0 Å². The standard InChI is InChI=1S/C26H32N2O3/c29-25(17-21-14-22-8-4-5-9-23(22)15-21)27-10-12-28(13-11-27)26-19-30-24(18-31-26)16-20-6-2-1-3-7-20/h1-9,21,24,26H,10-19H2. The Balaban J connectivity index is 1.04. The summed E-state index contributed by atoms with van der Waals surface area (Å²) in [4.78, 5) is 17.2. The molecular formula is C26H32N2O3. The van der Waals surface area contributed by atoms with E-state index in [2.05, 4.69) is 53.4 Å². The van der Waals surface area contributed by atoms with Gasteiger partial charge in [-0.3, -0.25) is 9.69 Å². The van der Waals surface area contributed by atoms with E-state index in [9.17, 15) is 4.79 Å². The topological polar surface area (TPSA) is 42.0 Å². The number of hydrogen-bond acceptors (Lipinski definition) is 4. The average molecular weight is 421 g/mol. The van der Waals surface area contributed by atoms with Gasteiger partial charge in [0.15, 0.2) is 0 Å². The van der Waals surface area contributed by atoms with E-state index in [0.717, 1.165) is 45.4 Å². The minimum atomic E-state index is 0.00797. The summed E-state index contributed by atoms with van der Waals surface area (Å²) in [6.45, 7) is 4.51. The Morgan fingerprint density at radius 1 is 0.839 bits per heavy atom. The fourth-order valence-electron chi connectivity index (χ4n) is 5.17. The number of carbonyl (C=O) groups is 1. The zero-order chi connectivity index (χ0) is 21.0. The molecule has 2 unspecified atom stereocenters. The summed E-state index contributed by atoms with van der Waals surface area (Å²) >= 11 is 0. The number of ether oxygens (including phenoxy) is 2. The van der Waals surface area contributed by atoms with Gasteiger partial charge in [-0.05, 0) is 35.4 Å². The number of benzene rings is 2. The van der Waals surface area contributed by atoms with Gasteiger partial charge >= 0.3 is 0 Å². The van der Waals surface area contributed by atoms with Gasteiger partial charge < -0.3 is 14.4 Å². The Kier molecular flexibility index (Phi) is 6.35. The van der Waals surface area contributed by atoms with Gasteiger partial charge in [-0.1, -0.05) is 54.6 Å². The molecule has 0 saturated carbocycles. The van der Waals surface area contributed by atoms with E-state index in [1.165, 1.54) is 16.7 Å². The van der Waals surface area contributed by atoms with Crippen molar-refractivity contribution in [2.45, 2.75) is 38.0 Å². The zero-order valence-corrected chi connectivity index (χ0v) is 18.1. The summed E-state index contributed by atoms with van der Waals surface area (Å²) in [6.07, 6.45) is 3.77. The Labute approximate surface area is 184 Å². The lowest BCUT2D eigenvalue weighted by Crippen LogP contribution is -2.56. The van der Waals surface area contributed by atoms with Gasteiger partial charge in [0, 0.05) is 39.0 Å². The predicted octanol–water partition coefficient (Wildman–Crippen LogP) is 2.92. The van der Waals surface area contributed by atoms with Crippen molar-refractivity contribution in [3.8, 4) is 0 Å². The van der Waals surface area contributed by atoms with E-state index in [4.69, 9.17) is 9.47 Å². The zero-order valence-electron chi connectivity index (χ0n) is 18.1. The average Bonchev–Trinajstić information content (AvgIpc) is 3.23. The number of carbonyl (C=O) groups excluding carboxylic acids is 1. The molecule has 164 valence electrons. The maximum atomic E-state index is 12.9. The third kappa shape index (κ3) is 5.00. The van der Waals surface area contributed by atoms with Crippen LogP contribution in [0.3, 0.4) is 0 Å². The number of nitrogens with zero attached hydrogens (tertiary/aromatic N) is 2. The fourth-order valence-corrected chi connectivity index (χ4v) is 5.17. The summed E-state index contributed by atoms with van der Waals surface area (Å²) in [6, 6.07) is 19.0. The van der Waals surface area contributed by atoms with Crippen LogP contribution in [0.4, 0.5) is 0 Å². The van der Waals surface area contributed by atoms with Crippen LogP contribution in [-0.2, 0) is 33.5 Å². The van der Waals surface area contributed by atoms with Gasteiger partial charge in [0.05, 0.1) is 19.3 Å². The van der Waals surface area contributed by atoms with Crippen molar-refractivity contribution >= 4 is 5.91 Å². The molecule has 1 aliphatic carbocycles. The molecule has 5 rings (SSSR count). The number of hydrogen-bond donors (Lipinski definition) is 0. The van der Waals surface area contributed by atoms with Crippen LogP contribution >= 0.6 is 0 Å². The summed E-state index contributed by atoms with van der Waals surface area (Å²) in [5.41, 5.74) is 4.13. The molecule has 3 aliphatic rings. The molecular weight excluding hydrogens is 388 g/mol.